The van der Waals surface area contributed by atoms with Crippen LogP contribution in [0.3, 0.4) is 0 Å². The number of aryl methyl sites for hydroxylation is 2. The Morgan fingerprint density at radius 1 is 1.10 bits per heavy atom. The SMILES string of the molecule is Cc1cc(C)cc(NC(=S)Nn2cnc3ccccc32)c1. The lowest BCUT2D eigenvalue weighted by molar-refractivity contribution is 1.01. The lowest BCUT2D eigenvalue weighted by Crippen LogP contribution is -2.26. The fourth-order valence-electron chi connectivity index (χ4n) is 2.36. The highest BCUT2D eigenvalue weighted by atomic mass is 32.1. The minimum Gasteiger partial charge on any atom is -0.331 e. The molecule has 106 valence electrons. The van der Waals surface area contributed by atoms with E-state index in [1.807, 2.05) is 28.9 Å². The zero-order chi connectivity index (χ0) is 14.8. The molecule has 0 aliphatic heterocycles. The van der Waals surface area contributed by atoms with Crippen LogP contribution in [0, 0.1) is 13.8 Å². The van der Waals surface area contributed by atoms with Gasteiger partial charge in [-0.25, -0.2) is 9.66 Å². The van der Waals surface area contributed by atoms with E-state index in [0.29, 0.717) is 5.11 Å². The maximum Gasteiger partial charge on any atom is 0.190 e. The first-order valence-electron chi connectivity index (χ1n) is 6.70. The summed E-state index contributed by atoms with van der Waals surface area (Å²) in [5.41, 5.74) is 8.43. The number of imidazole rings is 1. The van der Waals surface area contributed by atoms with Crippen LogP contribution in [0.1, 0.15) is 11.1 Å². The van der Waals surface area contributed by atoms with Crippen molar-refractivity contribution >= 4 is 34.1 Å². The summed E-state index contributed by atoms with van der Waals surface area (Å²) in [6.07, 6.45) is 1.72. The number of fused-ring (bicyclic) bond motifs is 1. The number of benzene rings is 2. The summed E-state index contributed by atoms with van der Waals surface area (Å²) < 4.78 is 1.81. The van der Waals surface area contributed by atoms with E-state index in [1.165, 1.54) is 11.1 Å². The molecule has 2 N–H and O–H groups in total. The third-order valence-corrected chi connectivity index (χ3v) is 3.35. The van der Waals surface area contributed by atoms with Crippen molar-refractivity contribution in [1.29, 1.82) is 0 Å². The average molecular weight is 296 g/mol. The molecule has 0 fully saturated rings. The number of para-hydroxylation sites is 2. The number of aromatic nitrogens is 2. The molecule has 2 aromatic carbocycles. The topological polar surface area (TPSA) is 41.9 Å². The molecule has 0 amide bonds. The highest BCUT2D eigenvalue weighted by Crippen LogP contribution is 2.14. The lowest BCUT2D eigenvalue weighted by atomic mass is 10.1. The first-order chi connectivity index (χ1) is 10.1. The van der Waals surface area contributed by atoms with Gasteiger partial charge in [0, 0.05) is 5.69 Å². The van der Waals surface area contributed by atoms with E-state index >= 15 is 0 Å². The number of thiocarbonyl (C=S) groups is 1. The van der Waals surface area contributed by atoms with Gasteiger partial charge in [0.2, 0.25) is 0 Å². The highest BCUT2D eigenvalue weighted by molar-refractivity contribution is 7.80. The zero-order valence-corrected chi connectivity index (χ0v) is 12.7. The fraction of sp³-hybridized carbons (Fsp3) is 0.125. The summed E-state index contributed by atoms with van der Waals surface area (Å²) in [4.78, 5) is 4.32. The van der Waals surface area contributed by atoms with Gasteiger partial charge in [0.15, 0.2) is 5.11 Å². The van der Waals surface area contributed by atoms with Crippen molar-refractivity contribution in [3.8, 4) is 0 Å². The second-order valence-corrected chi connectivity index (χ2v) is 5.45. The molecule has 1 aromatic heterocycles. The Balaban J connectivity index is 1.77. The van der Waals surface area contributed by atoms with Crippen molar-refractivity contribution in [2.45, 2.75) is 13.8 Å². The predicted molar refractivity (Wildman–Crippen MR) is 91.2 cm³/mol. The van der Waals surface area contributed by atoms with Crippen LogP contribution in [-0.2, 0) is 0 Å². The van der Waals surface area contributed by atoms with Crippen LogP contribution in [0.5, 0.6) is 0 Å². The van der Waals surface area contributed by atoms with Gasteiger partial charge in [0.1, 0.15) is 6.33 Å². The van der Waals surface area contributed by atoms with Crippen molar-refractivity contribution in [2.24, 2.45) is 0 Å². The summed E-state index contributed by atoms with van der Waals surface area (Å²) >= 11 is 5.36. The molecule has 0 saturated heterocycles. The molecule has 0 bridgehead atoms. The van der Waals surface area contributed by atoms with E-state index in [2.05, 4.69) is 47.8 Å². The summed E-state index contributed by atoms with van der Waals surface area (Å²) in [6, 6.07) is 14.2. The minimum absolute atomic E-state index is 0.531. The number of anilines is 1. The number of hydrogen-bond acceptors (Lipinski definition) is 2. The molecule has 0 saturated carbocycles. The van der Waals surface area contributed by atoms with Gasteiger partial charge in [-0.1, -0.05) is 18.2 Å². The molecule has 0 unspecified atom stereocenters. The van der Waals surface area contributed by atoms with Gasteiger partial charge < -0.3 is 5.32 Å². The molecule has 1 heterocycles. The third kappa shape index (κ3) is 3.03. The predicted octanol–water partition coefficient (Wildman–Crippen LogP) is 3.59. The van der Waals surface area contributed by atoms with E-state index in [4.69, 9.17) is 12.2 Å². The van der Waals surface area contributed by atoms with E-state index in [9.17, 15) is 0 Å². The molecule has 0 aliphatic rings. The standard InChI is InChI=1S/C16H16N4S/c1-11-7-12(2)9-13(8-11)18-16(21)19-20-10-17-14-5-3-4-6-15(14)20/h3-10H,1-2H3,(H2,18,19,21). The van der Waals surface area contributed by atoms with Crippen molar-refractivity contribution < 1.29 is 0 Å². The van der Waals surface area contributed by atoms with Crippen LogP contribution in [0.25, 0.3) is 11.0 Å². The molecule has 3 aromatic rings. The molecule has 4 nitrogen and oxygen atoms in total. The van der Waals surface area contributed by atoms with E-state index in [-0.39, 0.29) is 0 Å². The Hall–Kier alpha value is -2.40. The van der Waals surface area contributed by atoms with Gasteiger partial charge in [-0.2, -0.15) is 0 Å². The van der Waals surface area contributed by atoms with Crippen LogP contribution in [-0.4, -0.2) is 14.8 Å². The van der Waals surface area contributed by atoms with Gasteiger partial charge >= 0.3 is 0 Å². The maximum absolute atomic E-state index is 5.36. The van der Waals surface area contributed by atoms with Gasteiger partial charge in [0.25, 0.3) is 0 Å². The lowest BCUT2D eigenvalue weighted by Gasteiger charge is -2.12. The van der Waals surface area contributed by atoms with Crippen molar-refractivity contribution in [1.82, 2.24) is 9.66 Å². The monoisotopic (exact) mass is 296 g/mol. The zero-order valence-electron chi connectivity index (χ0n) is 11.9. The van der Waals surface area contributed by atoms with Gasteiger partial charge in [-0.15, -0.1) is 0 Å². The molecule has 0 aliphatic carbocycles. The maximum atomic E-state index is 5.36. The van der Waals surface area contributed by atoms with Crippen LogP contribution in [0.2, 0.25) is 0 Å². The number of rotatable bonds is 2. The Labute approximate surface area is 128 Å². The molecule has 3 rings (SSSR count). The van der Waals surface area contributed by atoms with Crippen LogP contribution in [0.15, 0.2) is 48.8 Å². The summed E-state index contributed by atoms with van der Waals surface area (Å²) in [5.74, 6) is 0. The van der Waals surface area contributed by atoms with E-state index in [1.54, 1.807) is 6.33 Å². The Bertz CT molecular complexity index is 787. The van der Waals surface area contributed by atoms with Crippen molar-refractivity contribution in [3.05, 3.63) is 59.9 Å². The number of nitrogens with one attached hydrogen (secondary N) is 2. The van der Waals surface area contributed by atoms with E-state index in [0.717, 1.165) is 16.7 Å². The van der Waals surface area contributed by atoms with Crippen LogP contribution >= 0.6 is 12.2 Å². The Morgan fingerprint density at radius 3 is 2.57 bits per heavy atom. The highest BCUT2D eigenvalue weighted by Gasteiger charge is 2.04. The van der Waals surface area contributed by atoms with Gasteiger partial charge in [0.05, 0.1) is 11.0 Å². The summed E-state index contributed by atoms with van der Waals surface area (Å²) in [5, 5.41) is 3.73. The largest absolute Gasteiger partial charge is 0.331 e. The second-order valence-electron chi connectivity index (χ2n) is 5.05. The minimum atomic E-state index is 0.531. The molecule has 0 atom stereocenters. The molecule has 21 heavy (non-hydrogen) atoms. The van der Waals surface area contributed by atoms with Crippen LogP contribution in [0.4, 0.5) is 5.69 Å². The Morgan fingerprint density at radius 2 is 1.81 bits per heavy atom. The average Bonchev–Trinajstić information content (AvgIpc) is 2.81. The van der Waals surface area contributed by atoms with Crippen molar-refractivity contribution in [3.63, 3.8) is 0 Å². The van der Waals surface area contributed by atoms with Crippen LogP contribution < -0.4 is 10.7 Å². The van der Waals surface area contributed by atoms with Gasteiger partial charge in [-0.3, -0.25) is 5.43 Å². The third-order valence-electron chi connectivity index (χ3n) is 3.16. The summed E-state index contributed by atoms with van der Waals surface area (Å²) in [6.45, 7) is 4.13. The normalized spacial score (nSPS) is 10.6. The fourth-order valence-corrected chi connectivity index (χ4v) is 2.58. The van der Waals surface area contributed by atoms with Crippen molar-refractivity contribution in [2.75, 3.05) is 10.7 Å². The Kier molecular flexibility index (Phi) is 3.58. The smallest absolute Gasteiger partial charge is 0.190 e. The van der Waals surface area contributed by atoms with E-state index < -0.39 is 0 Å². The van der Waals surface area contributed by atoms with Gasteiger partial charge in [-0.05, 0) is 61.5 Å². The quantitative estimate of drug-likeness (QED) is 0.709. The molecule has 0 radical (unpaired) electrons. The molecule has 5 heteroatoms. The molecule has 0 spiro atoms. The number of hydrogen-bond donors (Lipinski definition) is 2. The number of nitrogens with zero attached hydrogens (tertiary/aromatic N) is 2. The summed E-state index contributed by atoms with van der Waals surface area (Å²) in [7, 11) is 0. The molecular formula is C16H16N4S. The first-order valence-corrected chi connectivity index (χ1v) is 7.11. The second kappa shape index (κ2) is 5.54. The first kappa shape index (κ1) is 13.6. The molecular weight excluding hydrogens is 280 g/mol.